The number of imidazole rings is 1. The molecule has 0 radical (unpaired) electrons. The molecule has 0 saturated heterocycles. The fraction of sp³-hybridized carbons (Fsp3) is 0.333. The third kappa shape index (κ3) is 2.39. The molecule has 18 heavy (non-hydrogen) atoms. The van der Waals surface area contributed by atoms with Crippen molar-refractivity contribution in [1.82, 2.24) is 20.0 Å². The molecule has 0 aliphatic heterocycles. The van der Waals surface area contributed by atoms with Crippen molar-refractivity contribution < 1.29 is 4.39 Å². The molecule has 0 amide bonds. The molecule has 6 heteroatoms. The normalized spacial score (nSPS) is 12.6. The molecule has 0 aromatic carbocycles. The quantitative estimate of drug-likeness (QED) is 0.620. The molecule has 5 nitrogen and oxygen atoms in total. The Bertz CT molecular complexity index is 511. The fourth-order valence-corrected chi connectivity index (χ4v) is 1.93. The van der Waals surface area contributed by atoms with Crippen molar-refractivity contribution in [2.45, 2.75) is 25.9 Å². The highest BCUT2D eigenvalue weighted by Crippen LogP contribution is 2.22. The first-order valence-corrected chi connectivity index (χ1v) is 5.84. The van der Waals surface area contributed by atoms with Gasteiger partial charge in [0.1, 0.15) is 17.7 Å². The number of pyridine rings is 1. The number of aromatic nitrogens is 3. The number of hydrazine groups is 1. The van der Waals surface area contributed by atoms with E-state index < -0.39 is 11.9 Å². The van der Waals surface area contributed by atoms with Crippen molar-refractivity contribution in [2.24, 2.45) is 5.84 Å². The summed E-state index contributed by atoms with van der Waals surface area (Å²) in [4.78, 5) is 7.99. The topological polar surface area (TPSA) is 68.8 Å². The molecule has 0 aliphatic rings. The molecular formula is C12H16FN5. The van der Waals surface area contributed by atoms with E-state index in [2.05, 4.69) is 22.3 Å². The maximum Gasteiger partial charge on any atom is 0.146 e. The molecule has 1 unspecified atom stereocenters. The van der Waals surface area contributed by atoms with Crippen molar-refractivity contribution in [3.05, 3.63) is 48.1 Å². The van der Waals surface area contributed by atoms with Gasteiger partial charge in [0.15, 0.2) is 0 Å². The summed E-state index contributed by atoms with van der Waals surface area (Å²) in [5.74, 6) is 5.84. The van der Waals surface area contributed by atoms with E-state index in [1.165, 1.54) is 12.4 Å². The Hall–Kier alpha value is -1.79. The van der Waals surface area contributed by atoms with E-state index in [9.17, 15) is 4.39 Å². The summed E-state index contributed by atoms with van der Waals surface area (Å²) in [7, 11) is 0. The maximum absolute atomic E-state index is 13.7. The number of halogens is 1. The van der Waals surface area contributed by atoms with Gasteiger partial charge < -0.3 is 4.57 Å². The second kappa shape index (κ2) is 5.70. The van der Waals surface area contributed by atoms with Gasteiger partial charge in [0.05, 0.1) is 6.20 Å². The summed E-state index contributed by atoms with van der Waals surface area (Å²) in [6, 6.07) is 1.12. The molecule has 2 rings (SSSR count). The van der Waals surface area contributed by atoms with Gasteiger partial charge in [-0.15, -0.1) is 0 Å². The SMILES string of the molecule is CCCn1ccnc1C(NN)c1ccncc1F. The Balaban J connectivity index is 2.39. The van der Waals surface area contributed by atoms with Crippen LogP contribution in [0.1, 0.15) is 30.8 Å². The summed E-state index contributed by atoms with van der Waals surface area (Å²) >= 11 is 0. The first kappa shape index (κ1) is 12.7. The zero-order chi connectivity index (χ0) is 13.0. The van der Waals surface area contributed by atoms with E-state index in [0.29, 0.717) is 11.4 Å². The van der Waals surface area contributed by atoms with E-state index in [1.807, 2.05) is 10.8 Å². The smallest absolute Gasteiger partial charge is 0.146 e. The fourth-order valence-electron chi connectivity index (χ4n) is 1.93. The van der Waals surface area contributed by atoms with Gasteiger partial charge in [-0.3, -0.25) is 10.8 Å². The van der Waals surface area contributed by atoms with Gasteiger partial charge in [-0.1, -0.05) is 6.92 Å². The van der Waals surface area contributed by atoms with E-state index in [1.54, 1.807) is 12.3 Å². The number of nitrogens with one attached hydrogen (secondary N) is 1. The van der Waals surface area contributed by atoms with E-state index in [0.717, 1.165) is 13.0 Å². The molecule has 2 heterocycles. The standard InChI is InChI=1S/C12H16FN5/c1-2-6-18-7-5-16-12(18)11(17-14)9-3-4-15-8-10(9)13/h3-5,7-8,11,17H,2,6,14H2,1H3. The molecule has 0 bridgehead atoms. The average Bonchev–Trinajstić information content (AvgIpc) is 2.82. The third-order valence-corrected chi connectivity index (χ3v) is 2.75. The van der Waals surface area contributed by atoms with Crippen LogP contribution in [0.3, 0.4) is 0 Å². The number of nitrogens with zero attached hydrogens (tertiary/aromatic N) is 3. The number of rotatable bonds is 5. The largest absolute Gasteiger partial charge is 0.333 e. The number of hydrogen-bond acceptors (Lipinski definition) is 4. The lowest BCUT2D eigenvalue weighted by molar-refractivity contribution is 0.513. The summed E-state index contributed by atoms with van der Waals surface area (Å²) in [6.07, 6.45) is 7.23. The lowest BCUT2D eigenvalue weighted by Gasteiger charge is -2.17. The van der Waals surface area contributed by atoms with Crippen molar-refractivity contribution in [3.63, 3.8) is 0 Å². The van der Waals surface area contributed by atoms with Crippen LogP contribution in [0, 0.1) is 5.82 Å². The first-order chi connectivity index (χ1) is 8.77. The summed E-state index contributed by atoms with van der Waals surface area (Å²) in [5, 5.41) is 0. The molecule has 2 aromatic heterocycles. The molecule has 0 aliphatic carbocycles. The minimum Gasteiger partial charge on any atom is -0.333 e. The second-order valence-corrected chi connectivity index (χ2v) is 3.98. The minimum absolute atomic E-state index is 0.397. The highest BCUT2D eigenvalue weighted by atomic mass is 19.1. The Morgan fingerprint density at radius 3 is 3.00 bits per heavy atom. The van der Waals surface area contributed by atoms with E-state index in [-0.39, 0.29) is 0 Å². The third-order valence-electron chi connectivity index (χ3n) is 2.75. The van der Waals surface area contributed by atoms with Crippen LogP contribution in [0.15, 0.2) is 30.9 Å². The van der Waals surface area contributed by atoms with Crippen LogP contribution in [0.2, 0.25) is 0 Å². The van der Waals surface area contributed by atoms with Gasteiger partial charge in [0.2, 0.25) is 0 Å². The zero-order valence-electron chi connectivity index (χ0n) is 10.2. The molecular weight excluding hydrogens is 233 g/mol. The van der Waals surface area contributed by atoms with Crippen LogP contribution in [0.4, 0.5) is 4.39 Å². The van der Waals surface area contributed by atoms with Crippen molar-refractivity contribution in [3.8, 4) is 0 Å². The zero-order valence-corrected chi connectivity index (χ0v) is 10.2. The van der Waals surface area contributed by atoms with Gasteiger partial charge in [0, 0.05) is 30.7 Å². The van der Waals surface area contributed by atoms with Crippen LogP contribution in [0.25, 0.3) is 0 Å². The predicted octanol–water partition coefficient (Wildman–Crippen LogP) is 1.38. The Kier molecular flexibility index (Phi) is 4.01. The summed E-state index contributed by atoms with van der Waals surface area (Å²) in [6.45, 7) is 2.89. The number of nitrogens with two attached hydrogens (primary N) is 1. The van der Waals surface area contributed by atoms with Crippen LogP contribution >= 0.6 is 0 Å². The number of hydrogen-bond donors (Lipinski definition) is 2. The first-order valence-electron chi connectivity index (χ1n) is 5.84. The molecule has 0 saturated carbocycles. The van der Waals surface area contributed by atoms with E-state index >= 15 is 0 Å². The van der Waals surface area contributed by atoms with Crippen molar-refractivity contribution in [2.75, 3.05) is 0 Å². The van der Waals surface area contributed by atoms with Crippen molar-refractivity contribution in [1.29, 1.82) is 0 Å². The van der Waals surface area contributed by atoms with Gasteiger partial charge in [-0.25, -0.2) is 14.8 Å². The highest BCUT2D eigenvalue weighted by molar-refractivity contribution is 5.24. The summed E-state index contributed by atoms with van der Waals surface area (Å²) in [5.41, 5.74) is 3.05. The minimum atomic E-state index is -0.477. The van der Waals surface area contributed by atoms with Crippen LogP contribution in [0.5, 0.6) is 0 Å². The lowest BCUT2D eigenvalue weighted by Crippen LogP contribution is -2.31. The molecule has 2 aromatic rings. The average molecular weight is 249 g/mol. The highest BCUT2D eigenvalue weighted by Gasteiger charge is 2.20. The van der Waals surface area contributed by atoms with Gasteiger partial charge in [0.25, 0.3) is 0 Å². The van der Waals surface area contributed by atoms with Gasteiger partial charge in [-0.05, 0) is 12.5 Å². The molecule has 1 atom stereocenters. The molecule has 0 spiro atoms. The Labute approximate surface area is 105 Å². The second-order valence-electron chi connectivity index (χ2n) is 3.98. The van der Waals surface area contributed by atoms with Crippen LogP contribution < -0.4 is 11.3 Å². The Morgan fingerprint density at radius 1 is 1.50 bits per heavy atom. The Morgan fingerprint density at radius 2 is 2.33 bits per heavy atom. The molecule has 3 N–H and O–H groups in total. The molecule has 96 valence electrons. The summed E-state index contributed by atoms with van der Waals surface area (Å²) < 4.78 is 15.7. The lowest BCUT2D eigenvalue weighted by atomic mass is 10.1. The number of aryl methyl sites for hydroxylation is 1. The monoisotopic (exact) mass is 249 g/mol. The van der Waals surface area contributed by atoms with Gasteiger partial charge in [-0.2, -0.15) is 0 Å². The van der Waals surface area contributed by atoms with E-state index in [4.69, 9.17) is 5.84 Å². The molecule has 0 fully saturated rings. The maximum atomic E-state index is 13.7. The van der Waals surface area contributed by atoms with Gasteiger partial charge >= 0.3 is 0 Å². The van der Waals surface area contributed by atoms with Crippen LogP contribution in [-0.2, 0) is 6.54 Å². The predicted molar refractivity (Wildman–Crippen MR) is 65.9 cm³/mol. The van der Waals surface area contributed by atoms with Crippen molar-refractivity contribution >= 4 is 0 Å². The van der Waals surface area contributed by atoms with Crippen LogP contribution in [-0.4, -0.2) is 14.5 Å².